The highest BCUT2D eigenvalue weighted by Crippen LogP contribution is 2.31. The van der Waals surface area contributed by atoms with Gasteiger partial charge in [0.05, 0.1) is 41.0 Å². The molecule has 1 unspecified atom stereocenters. The first-order chi connectivity index (χ1) is 14.1. The van der Waals surface area contributed by atoms with Crippen LogP contribution in [0, 0.1) is 5.92 Å². The van der Waals surface area contributed by atoms with Crippen LogP contribution in [0.5, 0.6) is 23.0 Å². The van der Waals surface area contributed by atoms with E-state index in [1.807, 2.05) is 43.3 Å². The zero-order valence-electron chi connectivity index (χ0n) is 17.8. The molecule has 2 aromatic carbocycles. The Kier molecular flexibility index (Phi) is 8.65. The number of benzene rings is 2. The van der Waals surface area contributed by atoms with Gasteiger partial charge in [-0.3, -0.25) is 4.79 Å². The number of esters is 1. The van der Waals surface area contributed by atoms with Crippen molar-refractivity contribution < 1.29 is 28.5 Å². The molecule has 0 bridgehead atoms. The van der Waals surface area contributed by atoms with Gasteiger partial charge in [0.25, 0.3) is 0 Å². The van der Waals surface area contributed by atoms with E-state index in [-0.39, 0.29) is 11.9 Å². The van der Waals surface area contributed by atoms with Crippen molar-refractivity contribution >= 4 is 5.97 Å². The van der Waals surface area contributed by atoms with E-state index in [0.29, 0.717) is 42.4 Å². The third-order valence-corrected chi connectivity index (χ3v) is 4.78. The molecule has 2 aromatic rings. The second-order valence-electron chi connectivity index (χ2n) is 6.57. The van der Waals surface area contributed by atoms with Gasteiger partial charge in [-0.1, -0.05) is 12.1 Å². The molecule has 29 heavy (non-hydrogen) atoms. The van der Waals surface area contributed by atoms with E-state index in [0.717, 1.165) is 17.5 Å². The maximum atomic E-state index is 12.5. The highest BCUT2D eigenvalue weighted by atomic mass is 16.5. The van der Waals surface area contributed by atoms with Crippen molar-refractivity contribution in [2.24, 2.45) is 5.92 Å². The van der Waals surface area contributed by atoms with E-state index in [9.17, 15) is 4.79 Å². The molecular weight excluding hydrogens is 372 g/mol. The van der Waals surface area contributed by atoms with Crippen molar-refractivity contribution in [3.63, 3.8) is 0 Å². The lowest BCUT2D eigenvalue weighted by Crippen LogP contribution is -2.21. The molecule has 0 N–H and O–H groups in total. The van der Waals surface area contributed by atoms with E-state index in [4.69, 9.17) is 23.7 Å². The molecule has 1 atom stereocenters. The number of rotatable bonds is 11. The van der Waals surface area contributed by atoms with Gasteiger partial charge in [-0.15, -0.1) is 0 Å². The minimum absolute atomic E-state index is 0.192. The third-order valence-electron chi connectivity index (χ3n) is 4.78. The molecule has 6 nitrogen and oxygen atoms in total. The summed E-state index contributed by atoms with van der Waals surface area (Å²) in [5.41, 5.74) is 2.07. The van der Waals surface area contributed by atoms with Crippen LogP contribution in [0.3, 0.4) is 0 Å². The number of carbonyl (C=O) groups excluding carboxylic acids is 1. The molecule has 0 saturated carbocycles. The highest BCUT2D eigenvalue weighted by Gasteiger charge is 2.21. The molecule has 0 amide bonds. The number of methoxy groups -OCH3 is 4. The summed E-state index contributed by atoms with van der Waals surface area (Å²) < 4.78 is 26.6. The Bertz CT molecular complexity index is 802. The molecule has 0 aromatic heterocycles. The molecule has 0 radical (unpaired) electrons. The van der Waals surface area contributed by atoms with Crippen molar-refractivity contribution in [1.29, 1.82) is 0 Å². The van der Waals surface area contributed by atoms with E-state index in [1.54, 1.807) is 28.4 Å². The Hall–Kier alpha value is -2.89. The third kappa shape index (κ3) is 6.04. The van der Waals surface area contributed by atoms with Crippen LogP contribution >= 0.6 is 0 Å². The highest BCUT2D eigenvalue weighted by molar-refractivity contribution is 5.73. The first-order valence-corrected chi connectivity index (χ1v) is 9.64. The van der Waals surface area contributed by atoms with Gasteiger partial charge in [-0.25, -0.2) is 0 Å². The predicted molar refractivity (Wildman–Crippen MR) is 111 cm³/mol. The topological polar surface area (TPSA) is 63.2 Å². The van der Waals surface area contributed by atoms with Crippen LogP contribution in [0.1, 0.15) is 24.5 Å². The summed E-state index contributed by atoms with van der Waals surface area (Å²) in [5.74, 6) is 2.21. The van der Waals surface area contributed by atoms with E-state index >= 15 is 0 Å². The Morgan fingerprint density at radius 1 is 0.793 bits per heavy atom. The monoisotopic (exact) mass is 402 g/mol. The van der Waals surface area contributed by atoms with Crippen LogP contribution < -0.4 is 18.9 Å². The molecule has 0 fully saturated rings. The lowest BCUT2D eigenvalue weighted by atomic mass is 9.92. The van der Waals surface area contributed by atoms with Gasteiger partial charge in [0, 0.05) is 0 Å². The maximum Gasteiger partial charge on any atom is 0.309 e. The maximum absolute atomic E-state index is 12.5. The molecule has 0 saturated heterocycles. The Balaban J connectivity index is 2.15. The molecule has 0 aliphatic rings. The van der Waals surface area contributed by atoms with Crippen molar-refractivity contribution in [3.8, 4) is 23.0 Å². The van der Waals surface area contributed by atoms with Crippen LogP contribution in [0.15, 0.2) is 36.4 Å². The number of hydrogen-bond acceptors (Lipinski definition) is 6. The summed E-state index contributed by atoms with van der Waals surface area (Å²) in [6.45, 7) is 2.18. The summed E-state index contributed by atoms with van der Waals surface area (Å²) in [5, 5.41) is 0. The number of aryl methyl sites for hydroxylation is 1. The first kappa shape index (κ1) is 22.4. The summed E-state index contributed by atoms with van der Waals surface area (Å²) in [6.07, 6.45) is 1.94. The van der Waals surface area contributed by atoms with Crippen molar-refractivity contribution in [3.05, 3.63) is 47.5 Å². The van der Waals surface area contributed by atoms with Crippen LogP contribution in [-0.2, 0) is 22.4 Å². The summed E-state index contributed by atoms with van der Waals surface area (Å²) in [4.78, 5) is 12.5. The summed E-state index contributed by atoms with van der Waals surface area (Å²) in [6, 6.07) is 11.5. The van der Waals surface area contributed by atoms with E-state index in [1.165, 1.54) is 0 Å². The lowest BCUT2D eigenvalue weighted by Gasteiger charge is -2.17. The van der Waals surface area contributed by atoms with Crippen molar-refractivity contribution in [2.45, 2.75) is 26.2 Å². The molecular formula is C23H30O6. The van der Waals surface area contributed by atoms with Crippen LogP contribution in [0.2, 0.25) is 0 Å². The molecule has 2 rings (SSSR count). The van der Waals surface area contributed by atoms with Gasteiger partial charge in [0.15, 0.2) is 23.0 Å². The quantitative estimate of drug-likeness (QED) is 0.528. The Morgan fingerprint density at radius 3 is 1.83 bits per heavy atom. The molecule has 0 spiro atoms. The molecule has 0 aliphatic carbocycles. The predicted octanol–water partition coefficient (Wildman–Crippen LogP) is 4.08. The number of carbonyl (C=O) groups is 1. The fourth-order valence-corrected chi connectivity index (χ4v) is 3.23. The van der Waals surface area contributed by atoms with Crippen molar-refractivity contribution in [1.82, 2.24) is 0 Å². The standard InChI is InChI=1S/C23H30O6/c1-6-29-23(24)18(13-17-9-12-20(26-3)22(15-17)28-5)10-7-16-8-11-19(25-2)21(14-16)27-4/h8-9,11-12,14-15,18H,6-7,10,13H2,1-5H3. The van der Waals surface area contributed by atoms with E-state index in [2.05, 4.69) is 0 Å². The zero-order valence-corrected chi connectivity index (χ0v) is 17.8. The van der Waals surface area contributed by atoms with Crippen LogP contribution in [0.25, 0.3) is 0 Å². The lowest BCUT2D eigenvalue weighted by molar-refractivity contribution is -0.148. The molecule has 0 heterocycles. The van der Waals surface area contributed by atoms with Gasteiger partial charge in [-0.05, 0) is 61.6 Å². The largest absolute Gasteiger partial charge is 0.493 e. The Morgan fingerprint density at radius 2 is 1.31 bits per heavy atom. The normalized spacial score (nSPS) is 11.5. The molecule has 6 heteroatoms. The van der Waals surface area contributed by atoms with Gasteiger partial charge >= 0.3 is 5.97 Å². The molecule has 158 valence electrons. The average Bonchev–Trinajstić information content (AvgIpc) is 2.76. The first-order valence-electron chi connectivity index (χ1n) is 9.64. The zero-order chi connectivity index (χ0) is 21.2. The van der Waals surface area contributed by atoms with Gasteiger partial charge in [0.1, 0.15) is 0 Å². The van der Waals surface area contributed by atoms with Crippen LogP contribution in [-0.4, -0.2) is 41.0 Å². The average molecular weight is 402 g/mol. The second kappa shape index (κ2) is 11.2. The van der Waals surface area contributed by atoms with E-state index < -0.39 is 0 Å². The fraction of sp³-hybridized carbons (Fsp3) is 0.435. The summed E-state index contributed by atoms with van der Waals surface area (Å²) >= 11 is 0. The second-order valence-corrected chi connectivity index (χ2v) is 6.57. The molecule has 0 aliphatic heterocycles. The smallest absolute Gasteiger partial charge is 0.309 e. The van der Waals surface area contributed by atoms with Crippen molar-refractivity contribution in [2.75, 3.05) is 35.0 Å². The fourth-order valence-electron chi connectivity index (χ4n) is 3.23. The SMILES string of the molecule is CCOC(=O)C(CCc1ccc(OC)c(OC)c1)Cc1ccc(OC)c(OC)c1. The number of hydrogen-bond donors (Lipinski definition) is 0. The minimum Gasteiger partial charge on any atom is -0.493 e. The van der Waals surface area contributed by atoms with Gasteiger partial charge < -0.3 is 23.7 Å². The number of ether oxygens (including phenoxy) is 5. The summed E-state index contributed by atoms with van der Waals surface area (Å²) in [7, 11) is 6.42. The van der Waals surface area contributed by atoms with Crippen LogP contribution in [0.4, 0.5) is 0 Å². The minimum atomic E-state index is -0.263. The Labute approximate surface area is 172 Å². The van der Waals surface area contributed by atoms with Gasteiger partial charge in [-0.2, -0.15) is 0 Å². The van der Waals surface area contributed by atoms with Gasteiger partial charge in [0.2, 0.25) is 0 Å².